The van der Waals surface area contributed by atoms with E-state index in [1.807, 2.05) is 0 Å². The Bertz CT molecular complexity index is 456. The SMILES string of the molecule is CCNC(C)c1ccccc1N1CC=C(COC)CC1. The lowest BCUT2D eigenvalue weighted by Gasteiger charge is -2.31. The van der Waals surface area contributed by atoms with Gasteiger partial charge >= 0.3 is 0 Å². The number of hydrogen-bond donors (Lipinski definition) is 1. The van der Waals surface area contributed by atoms with Gasteiger partial charge in [0.2, 0.25) is 0 Å². The molecule has 20 heavy (non-hydrogen) atoms. The Morgan fingerprint density at radius 2 is 2.15 bits per heavy atom. The fraction of sp³-hybridized carbons (Fsp3) is 0.529. The normalized spacial score (nSPS) is 16.9. The minimum absolute atomic E-state index is 0.389. The Labute approximate surface area is 122 Å². The van der Waals surface area contributed by atoms with Crippen molar-refractivity contribution in [3.63, 3.8) is 0 Å². The molecule has 1 unspecified atom stereocenters. The van der Waals surface area contributed by atoms with Crippen molar-refractivity contribution in [3.05, 3.63) is 41.5 Å². The maximum Gasteiger partial charge on any atom is 0.0674 e. The van der Waals surface area contributed by atoms with Gasteiger partial charge in [0.1, 0.15) is 0 Å². The van der Waals surface area contributed by atoms with Crippen LogP contribution in [0.5, 0.6) is 0 Å². The van der Waals surface area contributed by atoms with Crippen molar-refractivity contribution >= 4 is 5.69 Å². The van der Waals surface area contributed by atoms with Gasteiger partial charge in [-0.25, -0.2) is 0 Å². The van der Waals surface area contributed by atoms with Crippen LogP contribution in [-0.2, 0) is 4.74 Å². The number of ether oxygens (including phenoxy) is 1. The lowest BCUT2D eigenvalue weighted by molar-refractivity contribution is 0.222. The molecule has 0 aliphatic carbocycles. The first-order valence-electron chi connectivity index (χ1n) is 7.50. The predicted molar refractivity (Wildman–Crippen MR) is 85.3 cm³/mol. The summed E-state index contributed by atoms with van der Waals surface area (Å²) in [6.07, 6.45) is 3.40. The number of nitrogens with one attached hydrogen (secondary N) is 1. The van der Waals surface area contributed by atoms with E-state index in [9.17, 15) is 0 Å². The lowest BCUT2D eigenvalue weighted by Crippen LogP contribution is -2.31. The molecule has 1 atom stereocenters. The molecule has 0 radical (unpaired) electrons. The first-order valence-corrected chi connectivity index (χ1v) is 7.50. The number of anilines is 1. The van der Waals surface area contributed by atoms with Crippen LogP contribution in [0, 0.1) is 0 Å². The second-order valence-electron chi connectivity index (χ2n) is 5.33. The highest BCUT2D eigenvalue weighted by atomic mass is 16.5. The third kappa shape index (κ3) is 3.62. The summed E-state index contributed by atoms with van der Waals surface area (Å²) in [5.74, 6) is 0. The Hall–Kier alpha value is -1.32. The molecule has 2 rings (SSSR count). The van der Waals surface area contributed by atoms with E-state index in [0.717, 1.165) is 32.7 Å². The van der Waals surface area contributed by atoms with Gasteiger partial charge in [0.25, 0.3) is 0 Å². The molecule has 1 aromatic rings. The van der Waals surface area contributed by atoms with Gasteiger partial charge in [-0.2, -0.15) is 0 Å². The first kappa shape index (κ1) is 15.1. The van der Waals surface area contributed by atoms with Crippen LogP contribution < -0.4 is 10.2 Å². The molecular formula is C17H26N2O. The molecule has 1 heterocycles. The number of rotatable bonds is 6. The Kier molecular flexibility index (Phi) is 5.62. The van der Waals surface area contributed by atoms with Gasteiger partial charge in [0, 0.05) is 31.9 Å². The fourth-order valence-electron chi connectivity index (χ4n) is 2.80. The van der Waals surface area contributed by atoms with E-state index >= 15 is 0 Å². The van der Waals surface area contributed by atoms with Crippen LogP contribution in [-0.4, -0.2) is 33.4 Å². The van der Waals surface area contributed by atoms with Crippen LogP contribution in [0.15, 0.2) is 35.9 Å². The van der Waals surface area contributed by atoms with E-state index in [4.69, 9.17) is 4.74 Å². The largest absolute Gasteiger partial charge is 0.380 e. The molecule has 1 aliphatic heterocycles. The lowest BCUT2D eigenvalue weighted by atomic mass is 10.0. The van der Waals surface area contributed by atoms with E-state index in [1.54, 1.807) is 7.11 Å². The predicted octanol–water partition coefficient (Wildman–Crippen LogP) is 3.14. The summed E-state index contributed by atoms with van der Waals surface area (Å²) >= 11 is 0. The average Bonchev–Trinajstić information content (AvgIpc) is 2.49. The summed E-state index contributed by atoms with van der Waals surface area (Å²) in [6.45, 7) is 8.20. The van der Waals surface area contributed by atoms with E-state index < -0.39 is 0 Å². The van der Waals surface area contributed by atoms with Gasteiger partial charge in [-0.1, -0.05) is 31.2 Å². The fourth-order valence-corrected chi connectivity index (χ4v) is 2.80. The highest BCUT2D eigenvalue weighted by Gasteiger charge is 2.17. The maximum absolute atomic E-state index is 5.22. The van der Waals surface area contributed by atoms with Crippen molar-refractivity contribution in [2.75, 3.05) is 38.3 Å². The smallest absolute Gasteiger partial charge is 0.0674 e. The van der Waals surface area contributed by atoms with E-state index in [0.29, 0.717) is 6.04 Å². The van der Waals surface area contributed by atoms with Gasteiger partial charge in [-0.3, -0.25) is 0 Å². The summed E-state index contributed by atoms with van der Waals surface area (Å²) in [6, 6.07) is 9.12. The zero-order valence-electron chi connectivity index (χ0n) is 12.9. The van der Waals surface area contributed by atoms with Crippen molar-refractivity contribution < 1.29 is 4.74 Å². The molecule has 1 aliphatic rings. The van der Waals surface area contributed by atoms with E-state index in [2.05, 4.69) is 54.4 Å². The number of nitrogens with zero attached hydrogens (tertiary/aromatic N) is 1. The third-order valence-corrected chi connectivity index (χ3v) is 3.89. The minimum Gasteiger partial charge on any atom is -0.380 e. The second-order valence-corrected chi connectivity index (χ2v) is 5.33. The number of para-hydroxylation sites is 1. The van der Waals surface area contributed by atoms with Gasteiger partial charge in [0.05, 0.1) is 6.61 Å². The topological polar surface area (TPSA) is 24.5 Å². The molecular weight excluding hydrogens is 248 g/mol. The molecule has 3 heteroatoms. The highest BCUT2D eigenvalue weighted by Crippen LogP contribution is 2.28. The molecule has 3 nitrogen and oxygen atoms in total. The van der Waals surface area contributed by atoms with Crippen LogP contribution in [0.2, 0.25) is 0 Å². The van der Waals surface area contributed by atoms with Gasteiger partial charge in [-0.05, 0) is 37.1 Å². The number of hydrogen-bond acceptors (Lipinski definition) is 3. The molecule has 0 fully saturated rings. The van der Waals surface area contributed by atoms with Crippen LogP contribution in [0.25, 0.3) is 0 Å². The molecule has 110 valence electrons. The molecule has 1 N–H and O–H groups in total. The highest BCUT2D eigenvalue weighted by molar-refractivity contribution is 5.56. The Balaban J connectivity index is 2.13. The number of methoxy groups -OCH3 is 1. The van der Waals surface area contributed by atoms with Crippen LogP contribution in [0.3, 0.4) is 0 Å². The third-order valence-electron chi connectivity index (χ3n) is 3.89. The molecule has 0 saturated heterocycles. The molecule has 0 bridgehead atoms. The molecule has 0 spiro atoms. The summed E-state index contributed by atoms with van der Waals surface area (Å²) < 4.78 is 5.22. The van der Waals surface area contributed by atoms with Gasteiger partial charge in [-0.15, -0.1) is 0 Å². The summed E-state index contributed by atoms with van der Waals surface area (Å²) in [5, 5.41) is 3.51. The molecule has 0 aromatic heterocycles. The van der Waals surface area contributed by atoms with Crippen molar-refractivity contribution in [1.82, 2.24) is 5.32 Å². The van der Waals surface area contributed by atoms with E-state index in [-0.39, 0.29) is 0 Å². The molecule has 0 amide bonds. The monoisotopic (exact) mass is 274 g/mol. The molecule has 0 saturated carbocycles. The summed E-state index contributed by atoms with van der Waals surface area (Å²) in [7, 11) is 1.76. The van der Waals surface area contributed by atoms with Crippen molar-refractivity contribution in [2.24, 2.45) is 0 Å². The van der Waals surface area contributed by atoms with Crippen LogP contribution in [0.1, 0.15) is 31.9 Å². The van der Waals surface area contributed by atoms with Crippen molar-refractivity contribution in [3.8, 4) is 0 Å². The van der Waals surface area contributed by atoms with Crippen molar-refractivity contribution in [2.45, 2.75) is 26.3 Å². The van der Waals surface area contributed by atoms with Gasteiger partial charge in [0.15, 0.2) is 0 Å². The molecule has 1 aromatic carbocycles. The summed E-state index contributed by atoms with van der Waals surface area (Å²) in [4.78, 5) is 2.46. The maximum atomic E-state index is 5.22. The summed E-state index contributed by atoms with van der Waals surface area (Å²) in [5.41, 5.74) is 4.16. The first-order chi connectivity index (χ1) is 9.76. The minimum atomic E-state index is 0.389. The number of benzene rings is 1. The zero-order valence-corrected chi connectivity index (χ0v) is 12.9. The quantitative estimate of drug-likeness (QED) is 0.807. The Morgan fingerprint density at radius 3 is 2.80 bits per heavy atom. The van der Waals surface area contributed by atoms with Crippen molar-refractivity contribution in [1.29, 1.82) is 0 Å². The van der Waals surface area contributed by atoms with Crippen LogP contribution >= 0.6 is 0 Å². The zero-order chi connectivity index (χ0) is 14.4. The van der Waals surface area contributed by atoms with Crippen LogP contribution in [0.4, 0.5) is 5.69 Å². The standard InChI is InChI=1S/C17H26N2O/c1-4-18-14(2)16-7-5-6-8-17(16)19-11-9-15(10-12-19)13-20-3/h5-9,14,18H,4,10-13H2,1-3H3. The average molecular weight is 274 g/mol. The van der Waals surface area contributed by atoms with Gasteiger partial charge < -0.3 is 15.0 Å². The Morgan fingerprint density at radius 1 is 1.35 bits per heavy atom. The van der Waals surface area contributed by atoms with E-state index in [1.165, 1.54) is 16.8 Å². The second kappa shape index (κ2) is 7.46.